The van der Waals surface area contributed by atoms with Crippen molar-refractivity contribution in [3.05, 3.63) is 29.8 Å². The van der Waals surface area contributed by atoms with Gasteiger partial charge in [-0.3, -0.25) is 23.4 Å². The van der Waals surface area contributed by atoms with Gasteiger partial charge in [0.05, 0.1) is 61.3 Å². The largest absolute Gasteiger partial charge is 0.481 e. The topological polar surface area (TPSA) is 292 Å². The summed E-state index contributed by atoms with van der Waals surface area (Å²) in [4.78, 5) is 48.6. The number of fused-ring (bicyclic) bond motifs is 15. The van der Waals surface area contributed by atoms with Crippen molar-refractivity contribution in [2.24, 2.45) is 169 Å². The van der Waals surface area contributed by atoms with Crippen LogP contribution in [0.5, 0.6) is 0 Å². The van der Waals surface area contributed by atoms with E-state index in [9.17, 15) is 68.4 Å². The lowest BCUT2D eigenvalue weighted by molar-refractivity contribution is -0.203. The summed E-state index contributed by atoms with van der Waals surface area (Å²) in [6.45, 7) is 33.7. The molecule has 0 aliphatic heterocycles. The number of hydrogen-bond donors (Lipinski definition) is 8. The summed E-state index contributed by atoms with van der Waals surface area (Å²) >= 11 is 0. The molecule has 0 radical (unpaired) electrons. The number of benzene rings is 1. The second-order valence-corrected chi connectivity index (χ2v) is 41.2. The number of hydrogen-bond acceptors (Lipinski definition) is 15. The molecule has 12 fully saturated rings. The first-order valence-electron chi connectivity index (χ1n) is 43.2. The maximum absolute atomic E-state index is 12.8. The summed E-state index contributed by atoms with van der Waals surface area (Å²) in [5, 5.41) is 85.8. The Balaban J connectivity index is 0.000000160. The first-order chi connectivity index (χ1) is 50.4. The molecule has 0 saturated heterocycles. The second-order valence-electron chi connectivity index (χ2n) is 39.6. The van der Waals surface area contributed by atoms with Gasteiger partial charge in [-0.25, -0.2) is 0 Å². The molecule has 17 nitrogen and oxygen atoms in total. The lowest BCUT2D eigenvalue weighted by Crippen LogP contribution is -2.62. The number of carbonyl (C=O) groups excluding carboxylic acids is 2. The molecule has 0 spiro atoms. The molecule has 12 aliphatic rings. The molecule has 12 aliphatic carbocycles. The highest BCUT2D eigenvalue weighted by molar-refractivity contribution is 7.86. The van der Waals surface area contributed by atoms with Gasteiger partial charge in [-0.2, -0.15) is 8.42 Å². The highest BCUT2D eigenvalue weighted by atomic mass is 32.2. The molecule has 18 heteroatoms. The van der Waals surface area contributed by atoms with Gasteiger partial charge < -0.3 is 50.3 Å². The Morgan fingerprint density at radius 2 is 0.720 bits per heavy atom. The van der Waals surface area contributed by atoms with Gasteiger partial charge in [0.2, 0.25) is 0 Å². The zero-order chi connectivity index (χ0) is 78.2. The van der Waals surface area contributed by atoms with Crippen molar-refractivity contribution in [2.75, 3.05) is 19.8 Å². The second kappa shape index (κ2) is 32.9. The van der Waals surface area contributed by atoms with Crippen molar-refractivity contribution in [3.8, 4) is 0 Å². The molecule has 1 aromatic rings. The van der Waals surface area contributed by atoms with Gasteiger partial charge in [0.1, 0.15) is 0 Å². The molecule has 0 bridgehead atoms. The standard InChI is InChI=1S/C31H52O6.C31H48O5S.C27H44O6/c1-7-20-25-17-19(32)12-14-31(25,6)24-13-15-30(5)22(10-11-23(30)26(24)27(20)33)18(4)16-21(28(34)36-8-2)29(35)37-9-3;1-6-23-27-17-21(32)13-15-31(27,5)26-14-16-30(4)24(11-12-25(30)28(26)29(23)33)20(3)18-36-37(34,35)22-9-7-19(2)8-10-22;1-5-16-21-13-15(28)8-10-27(21,4)20-9-11-26(3)18(6-7-19(26)22(20)23(16)29)14(2)12-17(24(30)31)25(32)33/h18-27,32-33H,7-17H2,1-6H3;7-10,20-21,23-29,32-33H,6,11-18H2,1-5H3;14-23,28-29H,5-13H2,1-4H3,(H,30,31)(H,32,33)/t18-,19?,20-,22-,23+,24+,25+,26+,27?,30-,31-;20-,21?,23-,24-,25+,26+,27+,28+,29?,30-,31-;14-,15?,16-,18-,19+,20+,21+,22+,23?,26-,27-/m111/s1. The summed E-state index contributed by atoms with van der Waals surface area (Å²) in [7, 11) is -3.78. The van der Waals surface area contributed by atoms with Crippen LogP contribution >= 0.6 is 0 Å². The van der Waals surface area contributed by atoms with Crippen LogP contribution in [0.1, 0.15) is 269 Å². The Labute approximate surface area is 643 Å². The number of esters is 2. The summed E-state index contributed by atoms with van der Waals surface area (Å²) in [6, 6.07) is 6.85. The Morgan fingerprint density at radius 1 is 0.421 bits per heavy atom. The first kappa shape index (κ1) is 84.7. The Morgan fingerprint density at radius 3 is 1.03 bits per heavy atom. The highest BCUT2D eigenvalue weighted by Gasteiger charge is 2.69. The summed E-state index contributed by atoms with van der Waals surface area (Å²) in [5.41, 5.74) is 1.76. The van der Waals surface area contributed by atoms with Crippen LogP contribution in [0.2, 0.25) is 0 Å². The first-order valence-corrected chi connectivity index (χ1v) is 44.6. The van der Waals surface area contributed by atoms with E-state index in [-0.39, 0.29) is 148 Å². The molecule has 608 valence electrons. The summed E-state index contributed by atoms with van der Waals surface area (Å²) in [5.74, 6) is 1.26. The summed E-state index contributed by atoms with van der Waals surface area (Å²) in [6.07, 6.45) is 23.1. The van der Waals surface area contributed by atoms with E-state index >= 15 is 0 Å². The molecule has 0 amide bonds. The molecule has 107 heavy (non-hydrogen) atoms. The smallest absolute Gasteiger partial charge is 0.320 e. The van der Waals surface area contributed by atoms with Crippen LogP contribution in [0.15, 0.2) is 29.2 Å². The van der Waals surface area contributed by atoms with Crippen molar-refractivity contribution < 1.29 is 82.1 Å². The number of aliphatic hydroxyl groups excluding tert-OH is 6. The fourth-order valence-electron chi connectivity index (χ4n) is 30.0. The van der Waals surface area contributed by atoms with Gasteiger partial charge >= 0.3 is 23.9 Å². The van der Waals surface area contributed by atoms with Crippen molar-refractivity contribution in [1.29, 1.82) is 0 Å². The van der Waals surface area contributed by atoms with Crippen LogP contribution in [-0.4, -0.2) is 130 Å². The summed E-state index contributed by atoms with van der Waals surface area (Å²) < 4.78 is 41.8. The number of carboxylic acid groups (broad SMARTS) is 2. The van der Waals surface area contributed by atoms with Crippen molar-refractivity contribution >= 4 is 34.0 Å². The Bertz CT molecular complexity index is 3310. The molecule has 12 saturated carbocycles. The third-order valence-corrected chi connectivity index (χ3v) is 36.5. The van der Waals surface area contributed by atoms with Crippen LogP contribution in [0.4, 0.5) is 0 Å². The van der Waals surface area contributed by atoms with Gasteiger partial charge in [0.25, 0.3) is 10.1 Å². The van der Waals surface area contributed by atoms with E-state index in [4.69, 9.17) is 13.7 Å². The fraction of sp³-hybridized carbons (Fsp3) is 0.888. The molecule has 1 aromatic carbocycles. The average molecular weight is 1520 g/mol. The number of aliphatic hydroxyl groups is 6. The third-order valence-electron chi connectivity index (χ3n) is 35.2. The van der Waals surface area contributed by atoms with Crippen molar-refractivity contribution in [3.63, 3.8) is 0 Å². The van der Waals surface area contributed by atoms with Crippen LogP contribution < -0.4 is 0 Å². The molecular formula is C89H144O17S. The van der Waals surface area contributed by atoms with Crippen LogP contribution in [0.25, 0.3) is 0 Å². The van der Waals surface area contributed by atoms with Crippen molar-refractivity contribution in [1.82, 2.24) is 0 Å². The van der Waals surface area contributed by atoms with Gasteiger partial charge in [-0.1, -0.05) is 120 Å². The molecule has 33 atom stereocenters. The van der Waals surface area contributed by atoms with Crippen LogP contribution in [0, 0.1) is 176 Å². The molecule has 6 unspecified atom stereocenters. The number of carboxylic acids is 2. The SMILES string of the molecule is CCOC(=O)C(C[C@@H](C)[C@H]1CC[C@H]2[C@@H]3C(O)[C@H](CC)[C@@H]4CC(O)CC[C@]4(C)[C@H]3CC[C@]12C)C(=O)OCC.CC[C@H]1C(O)[C@@H]2[C@H](CC[C@]3(C)[C@@H]([C@H](C)CC(C(=O)O)C(=O)O)CC[C@@H]23)[C@@]2(C)CCC(O)C[C@@H]12.CC[C@H]1C(O)[C@@H]2[C@H](CC[C@]3(C)[C@@H]([C@H](C)COS(=O)(=O)c4ccc(C)cc4)CC[C@@H]23)[C@@]2(C)CCC(O)C[C@@H]12. The highest BCUT2D eigenvalue weighted by Crippen LogP contribution is 2.74. The normalized spacial score (nSPS) is 45.4. The predicted octanol–water partition coefficient (Wildman–Crippen LogP) is 15.8. The van der Waals surface area contributed by atoms with E-state index in [0.29, 0.717) is 83.4 Å². The zero-order valence-electron chi connectivity index (χ0n) is 68.2. The minimum absolute atomic E-state index is 0.0127. The number of aryl methyl sites for hydroxylation is 1. The molecule has 0 aromatic heterocycles. The van der Waals surface area contributed by atoms with Crippen LogP contribution in [-0.2, 0) is 43.0 Å². The number of ether oxygens (including phenoxy) is 2. The van der Waals surface area contributed by atoms with Crippen molar-refractivity contribution in [2.45, 2.75) is 312 Å². The lowest BCUT2D eigenvalue weighted by atomic mass is 9.41. The molecule has 8 N–H and O–H groups in total. The van der Waals surface area contributed by atoms with E-state index in [1.807, 2.05) is 13.8 Å². The maximum Gasteiger partial charge on any atom is 0.320 e. The average Bonchev–Trinajstić information content (AvgIpc) is 1.69. The Kier molecular flexibility index (Phi) is 26.1. The van der Waals surface area contributed by atoms with E-state index in [0.717, 1.165) is 160 Å². The maximum atomic E-state index is 12.8. The van der Waals surface area contributed by atoms with E-state index in [1.54, 1.807) is 38.1 Å². The number of rotatable bonds is 20. The molecular weight excluding hydrogens is 1370 g/mol. The number of carbonyl (C=O) groups is 4. The minimum Gasteiger partial charge on any atom is -0.481 e. The van der Waals surface area contributed by atoms with Gasteiger partial charge in [-0.05, 0) is 337 Å². The molecule has 0 heterocycles. The quantitative estimate of drug-likeness (QED) is 0.0342. The lowest BCUT2D eigenvalue weighted by Gasteiger charge is -2.64. The van der Waals surface area contributed by atoms with E-state index in [1.165, 1.54) is 0 Å². The fourth-order valence-corrected chi connectivity index (χ4v) is 31.0. The van der Waals surface area contributed by atoms with E-state index < -0.39 is 45.8 Å². The monoisotopic (exact) mass is 1520 g/mol. The number of aliphatic carboxylic acids is 2. The Hall–Kier alpha value is -3.23. The molecule has 13 rings (SSSR count). The minimum atomic E-state index is -3.78. The van der Waals surface area contributed by atoms with Crippen LogP contribution in [0.3, 0.4) is 0 Å². The third kappa shape index (κ3) is 15.2. The van der Waals surface area contributed by atoms with Gasteiger partial charge in [-0.15, -0.1) is 0 Å². The van der Waals surface area contributed by atoms with Gasteiger partial charge in [0, 0.05) is 0 Å². The van der Waals surface area contributed by atoms with Gasteiger partial charge in [0.15, 0.2) is 11.8 Å². The predicted molar refractivity (Wildman–Crippen MR) is 412 cm³/mol. The zero-order valence-corrected chi connectivity index (χ0v) is 69.0. The van der Waals surface area contributed by atoms with E-state index in [2.05, 4.69) is 76.2 Å².